The van der Waals surface area contributed by atoms with Crippen LogP contribution in [0.4, 0.5) is 0 Å². The van der Waals surface area contributed by atoms with Crippen LogP contribution in [0, 0.1) is 0 Å². The van der Waals surface area contributed by atoms with E-state index in [-0.39, 0.29) is 16.6 Å². The third kappa shape index (κ3) is 4.72. The average Bonchev–Trinajstić information content (AvgIpc) is 3.25. The predicted molar refractivity (Wildman–Crippen MR) is 110 cm³/mol. The number of piperazine rings is 1. The van der Waals surface area contributed by atoms with Gasteiger partial charge in [-0.2, -0.15) is 0 Å². The lowest BCUT2D eigenvalue weighted by atomic mass is 10.1. The lowest BCUT2D eigenvalue weighted by Crippen LogP contribution is -2.49. The molecule has 152 valence electrons. The van der Waals surface area contributed by atoms with Crippen molar-refractivity contribution in [1.29, 1.82) is 0 Å². The monoisotopic (exact) mass is 423 g/mol. The van der Waals surface area contributed by atoms with E-state index in [9.17, 15) is 13.2 Å². The molecule has 3 rings (SSSR count). The molecule has 1 aliphatic heterocycles. The maximum atomic E-state index is 12.9. The van der Waals surface area contributed by atoms with Gasteiger partial charge in [-0.1, -0.05) is 6.07 Å². The van der Waals surface area contributed by atoms with Crippen molar-refractivity contribution in [2.45, 2.75) is 11.3 Å². The first-order chi connectivity index (χ1) is 13.4. The van der Waals surface area contributed by atoms with E-state index in [2.05, 4.69) is 27.1 Å². The Bertz CT molecular complexity index is 905. The minimum absolute atomic E-state index is 0.0297. The molecule has 1 aromatic carbocycles. The highest BCUT2D eigenvalue weighted by molar-refractivity contribution is 7.89. The summed E-state index contributed by atoms with van der Waals surface area (Å²) in [5.74, 6) is 0.0532. The Hall–Kier alpha value is -1.94. The number of carbonyl (C=O) groups excluding carboxylic acids is 1. The van der Waals surface area contributed by atoms with Crippen molar-refractivity contribution in [3.63, 3.8) is 0 Å². The summed E-state index contributed by atoms with van der Waals surface area (Å²) in [5.41, 5.74) is 0.349. The summed E-state index contributed by atoms with van der Waals surface area (Å²) in [6, 6.07) is 8.73. The van der Waals surface area contributed by atoms with Gasteiger partial charge in [-0.05, 0) is 43.1 Å². The van der Waals surface area contributed by atoms with Gasteiger partial charge in [0.25, 0.3) is 5.91 Å². The fourth-order valence-electron chi connectivity index (χ4n) is 3.21. The topological polar surface area (TPSA) is 79.0 Å². The second-order valence-electron chi connectivity index (χ2n) is 6.54. The Morgan fingerprint density at radius 2 is 1.96 bits per heavy atom. The standard InChI is InChI=1S/C19H25N3O4S2/c1-20-28(24,25)18-14-15(5-6-17(18)26-2)19(23)22-11-9-21(10-12-22)8-7-16-4-3-13-27-16/h3-6,13-14,20H,7-12H2,1-2H3. The van der Waals surface area contributed by atoms with Gasteiger partial charge in [0, 0.05) is 43.2 Å². The molecule has 0 radical (unpaired) electrons. The quantitative estimate of drug-likeness (QED) is 0.733. The van der Waals surface area contributed by atoms with Crippen LogP contribution in [0.1, 0.15) is 15.2 Å². The number of nitrogens with one attached hydrogen (secondary N) is 1. The van der Waals surface area contributed by atoms with Gasteiger partial charge in [-0.15, -0.1) is 11.3 Å². The van der Waals surface area contributed by atoms with Crippen LogP contribution < -0.4 is 9.46 Å². The smallest absolute Gasteiger partial charge is 0.253 e. The van der Waals surface area contributed by atoms with Crippen LogP contribution in [0.5, 0.6) is 5.75 Å². The molecule has 0 aliphatic carbocycles. The summed E-state index contributed by atoms with van der Waals surface area (Å²) < 4.78 is 31.9. The Kier molecular flexibility index (Phi) is 6.71. The van der Waals surface area contributed by atoms with E-state index in [1.165, 1.54) is 31.2 Å². The molecule has 0 saturated carbocycles. The van der Waals surface area contributed by atoms with E-state index in [1.807, 2.05) is 0 Å². The minimum Gasteiger partial charge on any atom is -0.495 e. The molecular formula is C19H25N3O4S2. The predicted octanol–water partition coefficient (Wildman–Crippen LogP) is 1.67. The number of sulfonamides is 1. The Labute approximate surface area is 170 Å². The molecule has 28 heavy (non-hydrogen) atoms. The molecule has 0 bridgehead atoms. The zero-order valence-corrected chi connectivity index (χ0v) is 17.7. The van der Waals surface area contributed by atoms with E-state index < -0.39 is 10.0 Å². The fraction of sp³-hybridized carbons (Fsp3) is 0.421. The number of hydrogen-bond acceptors (Lipinski definition) is 6. The summed E-state index contributed by atoms with van der Waals surface area (Å²) in [6.07, 6.45) is 1.02. The molecule has 9 heteroatoms. The third-order valence-electron chi connectivity index (χ3n) is 4.88. The first kappa shape index (κ1) is 20.8. The highest BCUT2D eigenvalue weighted by Gasteiger charge is 2.25. The SMILES string of the molecule is CNS(=O)(=O)c1cc(C(=O)N2CCN(CCc3cccs3)CC2)ccc1OC. The zero-order chi connectivity index (χ0) is 20.1. The van der Waals surface area contributed by atoms with Crippen molar-refractivity contribution in [2.24, 2.45) is 0 Å². The van der Waals surface area contributed by atoms with Gasteiger partial charge in [-0.25, -0.2) is 13.1 Å². The number of rotatable bonds is 7. The molecule has 1 fully saturated rings. The average molecular weight is 424 g/mol. The highest BCUT2D eigenvalue weighted by Crippen LogP contribution is 2.25. The van der Waals surface area contributed by atoms with Gasteiger partial charge in [-0.3, -0.25) is 9.69 Å². The minimum atomic E-state index is -3.72. The zero-order valence-electron chi connectivity index (χ0n) is 16.1. The summed E-state index contributed by atoms with van der Waals surface area (Å²) in [5, 5.41) is 2.09. The summed E-state index contributed by atoms with van der Waals surface area (Å²) >= 11 is 1.77. The van der Waals surface area contributed by atoms with Gasteiger partial charge in [0.15, 0.2) is 0 Å². The maximum absolute atomic E-state index is 12.9. The van der Waals surface area contributed by atoms with Crippen LogP contribution in [-0.4, -0.2) is 71.0 Å². The second kappa shape index (κ2) is 9.04. The molecule has 1 N–H and O–H groups in total. The van der Waals surface area contributed by atoms with Crippen molar-refractivity contribution >= 4 is 27.3 Å². The highest BCUT2D eigenvalue weighted by atomic mass is 32.2. The molecule has 1 aliphatic rings. The van der Waals surface area contributed by atoms with Crippen LogP contribution >= 0.6 is 11.3 Å². The number of nitrogens with zero attached hydrogens (tertiary/aromatic N) is 2. The lowest BCUT2D eigenvalue weighted by molar-refractivity contribution is 0.0638. The normalized spacial score (nSPS) is 15.6. The number of ether oxygens (including phenoxy) is 1. The molecule has 0 unspecified atom stereocenters. The number of thiophene rings is 1. The number of hydrogen-bond donors (Lipinski definition) is 1. The van der Waals surface area contributed by atoms with Gasteiger partial charge in [0.1, 0.15) is 10.6 Å². The first-order valence-electron chi connectivity index (χ1n) is 9.10. The molecule has 0 spiro atoms. The van der Waals surface area contributed by atoms with E-state index in [0.29, 0.717) is 18.7 Å². The summed E-state index contributed by atoms with van der Waals surface area (Å²) in [4.78, 5) is 18.3. The van der Waals surface area contributed by atoms with Crippen LogP contribution in [0.3, 0.4) is 0 Å². The molecule has 1 aromatic heterocycles. The summed E-state index contributed by atoms with van der Waals surface area (Å²) in [6.45, 7) is 3.87. The molecule has 1 amide bonds. The van der Waals surface area contributed by atoms with Gasteiger partial charge >= 0.3 is 0 Å². The molecule has 7 nitrogen and oxygen atoms in total. The van der Waals surface area contributed by atoms with Crippen LogP contribution in [0.25, 0.3) is 0 Å². The van der Waals surface area contributed by atoms with Crippen molar-refractivity contribution in [2.75, 3.05) is 46.9 Å². The van der Waals surface area contributed by atoms with Gasteiger partial charge in [0.2, 0.25) is 10.0 Å². The second-order valence-corrected chi connectivity index (χ2v) is 9.42. The van der Waals surface area contributed by atoms with E-state index in [4.69, 9.17) is 4.74 Å². The van der Waals surface area contributed by atoms with Crippen molar-refractivity contribution < 1.29 is 17.9 Å². The van der Waals surface area contributed by atoms with E-state index in [0.717, 1.165) is 26.1 Å². The summed E-state index contributed by atoms with van der Waals surface area (Å²) in [7, 11) is -0.983. The number of benzene rings is 1. The lowest BCUT2D eigenvalue weighted by Gasteiger charge is -2.34. The van der Waals surface area contributed by atoms with Gasteiger partial charge in [0.05, 0.1) is 7.11 Å². The molecule has 1 saturated heterocycles. The van der Waals surface area contributed by atoms with E-state index >= 15 is 0 Å². The largest absolute Gasteiger partial charge is 0.495 e. The molecule has 2 aromatic rings. The van der Waals surface area contributed by atoms with Crippen LogP contribution in [-0.2, 0) is 16.4 Å². The van der Waals surface area contributed by atoms with Gasteiger partial charge < -0.3 is 9.64 Å². The first-order valence-corrected chi connectivity index (χ1v) is 11.5. The maximum Gasteiger partial charge on any atom is 0.253 e. The number of methoxy groups -OCH3 is 1. The number of amides is 1. The molecule has 0 atom stereocenters. The van der Waals surface area contributed by atoms with Crippen molar-refractivity contribution in [3.05, 3.63) is 46.2 Å². The van der Waals surface area contributed by atoms with Crippen LogP contribution in [0.15, 0.2) is 40.6 Å². The molecular weight excluding hydrogens is 398 g/mol. The van der Waals surface area contributed by atoms with Crippen molar-refractivity contribution in [1.82, 2.24) is 14.5 Å². The van der Waals surface area contributed by atoms with E-state index in [1.54, 1.807) is 22.3 Å². The number of carbonyl (C=O) groups is 1. The Morgan fingerprint density at radius 1 is 1.21 bits per heavy atom. The third-order valence-corrected chi connectivity index (χ3v) is 7.25. The fourth-order valence-corrected chi connectivity index (χ4v) is 4.83. The Balaban J connectivity index is 1.64. The van der Waals surface area contributed by atoms with Crippen molar-refractivity contribution in [3.8, 4) is 5.75 Å². The Morgan fingerprint density at radius 3 is 2.57 bits per heavy atom. The van der Waals surface area contributed by atoms with Crippen LogP contribution in [0.2, 0.25) is 0 Å². The molecule has 2 heterocycles.